The molecule has 1 aliphatic rings. The van der Waals surface area contributed by atoms with Crippen molar-refractivity contribution in [3.05, 3.63) is 95.9 Å². The van der Waals surface area contributed by atoms with Crippen LogP contribution in [0.25, 0.3) is 0 Å². The molecular formula is C25H25N3O4. The second-order valence-electron chi connectivity index (χ2n) is 7.68. The molecule has 3 aromatic rings. The van der Waals surface area contributed by atoms with Crippen LogP contribution < -0.4 is 5.32 Å². The van der Waals surface area contributed by atoms with Gasteiger partial charge < -0.3 is 19.5 Å². The third-order valence-electron chi connectivity index (χ3n) is 5.53. The molecule has 32 heavy (non-hydrogen) atoms. The molecule has 1 saturated heterocycles. The van der Waals surface area contributed by atoms with Crippen LogP contribution in [0.1, 0.15) is 26.5 Å². The molecule has 0 saturated carbocycles. The summed E-state index contributed by atoms with van der Waals surface area (Å²) in [5.74, 6) is -0.471. The fraction of sp³-hybridized carbons (Fsp3) is 0.240. The van der Waals surface area contributed by atoms with Crippen LogP contribution in [0.3, 0.4) is 0 Å². The topological polar surface area (TPSA) is 82.9 Å². The number of piperazine rings is 1. The second-order valence-corrected chi connectivity index (χ2v) is 7.68. The van der Waals surface area contributed by atoms with Gasteiger partial charge in [-0.2, -0.15) is 0 Å². The number of furan rings is 1. The SMILES string of the molecule is O=C(N[C@H](Cc1ccccc1)C(=O)N1CCN(C(=O)c2ccccc2)CC1)c1ccco1. The highest BCUT2D eigenvalue weighted by Gasteiger charge is 2.31. The second kappa shape index (κ2) is 9.96. The van der Waals surface area contributed by atoms with Crippen molar-refractivity contribution in [2.45, 2.75) is 12.5 Å². The Morgan fingerprint density at radius 1 is 0.812 bits per heavy atom. The van der Waals surface area contributed by atoms with Gasteiger partial charge in [-0.25, -0.2) is 0 Å². The van der Waals surface area contributed by atoms with E-state index in [1.165, 1.54) is 6.26 Å². The third-order valence-corrected chi connectivity index (χ3v) is 5.53. The van der Waals surface area contributed by atoms with Crippen molar-refractivity contribution >= 4 is 17.7 Å². The third kappa shape index (κ3) is 5.06. The van der Waals surface area contributed by atoms with Gasteiger partial charge in [0.1, 0.15) is 6.04 Å². The highest BCUT2D eigenvalue weighted by atomic mass is 16.3. The summed E-state index contributed by atoms with van der Waals surface area (Å²) in [5.41, 5.74) is 1.59. The lowest BCUT2D eigenvalue weighted by molar-refractivity contribution is -0.134. The van der Waals surface area contributed by atoms with Crippen LogP contribution in [-0.4, -0.2) is 59.7 Å². The Morgan fingerprint density at radius 3 is 2.06 bits per heavy atom. The molecule has 1 aromatic heterocycles. The molecule has 2 heterocycles. The van der Waals surface area contributed by atoms with E-state index in [1.807, 2.05) is 48.5 Å². The van der Waals surface area contributed by atoms with Crippen LogP contribution >= 0.6 is 0 Å². The first-order valence-electron chi connectivity index (χ1n) is 10.6. The molecule has 1 N–H and O–H groups in total. The maximum Gasteiger partial charge on any atom is 0.287 e. The summed E-state index contributed by atoms with van der Waals surface area (Å²) in [6.07, 6.45) is 1.79. The Hall–Kier alpha value is -3.87. The number of carbonyl (C=O) groups is 3. The summed E-state index contributed by atoms with van der Waals surface area (Å²) in [5, 5.41) is 2.82. The van der Waals surface area contributed by atoms with Gasteiger partial charge in [-0.15, -0.1) is 0 Å². The molecule has 7 heteroatoms. The normalized spacial score (nSPS) is 14.6. The maximum atomic E-state index is 13.3. The van der Waals surface area contributed by atoms with E-state index in [1.54, 1.807) is 34.1 Å². The predicted octanol–water partition coefficient (Wildman–Crippen LogP) is 2.61. The molecule has 164 valence electrons. The van der Waals surface area contributed by atoms with Gasteiger partial charge in [-0.3, -0.25) is 14.4 Å². The molecule has 0 spiro atoms. The van der Waals surface area contributed by atoms with Gasteiger partial charge in [-0.05, 0) is 29.8 Å². The summed E-state index contributed by atoms with van der Waals surface area (Å²) in [7, 11) is 0. The summed E-state index contributed by atoms with van der Waals surface area (Å²) < 4.78 is 5.17. The van der Waals surface area contributed by atoms with Crippen LogP contribution in [0.4, 0.5) is 0 Å². The van der Waals surface area contributed by atoms with Crippen LogP contribution in [0.5, 0.6) is 0 Å². The zero-order valence-electron chi connectivity index (χ0n) is 17.6. The molecule has 0 unspecified atom stereocenters. The number of nitrogens with one attached hydrogen (secondary N) is 1. The van der Waals surface area contributed by atoms with E-state index in [0.717, 1.165) is 5.56 Å². The van der Waals surface area contributed by atoms with E-state index in [2.05, 4.69) is 5.32 Å². The summed E-state index contributed by atoms with van der Waals surface area (Å²) in [6, 6.07) is 21.2. The van der Waals surface area contributed by atoms with E-state index in [0.29, 0.717) is 38.2 Å². The zero-order valence-corrected chi connectivity index (χ0v) is 17.6. The van der Waals surface area contributed by atoms with E-state index >= 15 is 0 Å². The first-order valence-corrected chi connectivity index (χ1v) is 10.6. The predicted molar refractivity (Wildman–Crippen MR) is 119 cm³/mol. The number of carbonyl (C=O) groups excluding carboxylic acids is 3. The van der Waals surface area contributed by atoms with Crippen molar-refractivity contribution < 1.29 is 18.8 Å². The van der Waals surface area contributed by atoms with Gasteiger partial charge in [-0.1, -0.05) is 48.5 Å². The Bertz CT molecular complexity index is 1040. The maximum absolute atomic E-state index is 13.3. The fourth-order valence-corrected chi connectivity index (χ4v) is 3.80. The number of hydrogen-bond donors (Lipinski definition) is 1. The van der Waals surface area contributed by atoms with Gasteiger partial charge in [0.05, 0.1) is 6.26 Å². The summed E-state index contributed by atoms with van der Waals surface area (Å²) >= 11 is 0. The van der Waals surface area contributed by atoms with Crippen molar-refractivity contribution in [1.29, 1.82) is 0 Å². The van der Waals surface area contributed by atoms with E-state index in [9.17, 15) is 14.4 Å². The summed E-state index contributed by atoms with van der Waals surface area (Å²) in [4.78, 5) is 42.0. The number of rotatable bonds is 6. The lowest BCUT2D eigenvalue weighted by Gasteiger charge is -2.36. The van der Waals surface area contributed by atoms with Crippen molar-refractivity contribution in [1.82, 2.24) is 15.1 Å². The first kappa shape index (κ1) is 21.4. The van der Waals surface area contributed by atoms with Crippen LogP contribution in [0.15, 0.2) is 83.5 Å². The molecule has 2 aromatic carbocycles. The lowest BCUT2D eigenvalue weighted by atomic mass is 10.0. The minimum absolute atomic E-state index is 0.0374. The Labute approximate surface area is 186 Å². The molecule has 0 radical (unpaired) electrons. The minimum Gasteiger partial charge on any atom is -0.459 e. The smallest absolute Gasteiger partial charge is 0.287 e. The highest BCUT2D eigenvalue weighted by molar-refractivity contribution is 5.96. The van der Waals surface area contributed by atoms with Crippen LogP contribution in [-0.2, 0) is 11.2 Å². The monoisotopic (exact) mass is 431 g/mol. The quantitative estimate of drug-likeness (QED) is 0.650. The van der Waals surface area contributed by atoms with Gasteiger partial charge >= 0.3 is 0 Å². The number of hydrogen-bond acceptors (Lipinski definition) is 4. The van der Waals surface area contributed by atoms with Gasteiger partial charge in [0.2, 0.25) is 5.91 Å². The van der Waals surface area contributed by atoms with Gasteiger partial charge in [0, 0.05) is 38.2 Å². The van der Waals surface area contributed by atoms with Crippen molar-refractivity contribution in [3.63, 3.8) is 0 Å². The molecule has 4 rings (SSSR count). The van der Waals surface area contributed by atoms with Crippen molar-refractivity contribution in [2.24, 2.45) is 0 Å². The van der Waals surface area contributed by atoms with E-state index in [-0.39, 0.29) is 17.6 Å². The number of amides is 3. The average molecular weight is 431 g/mol. The van der Waals surface area contributed by atoms with Gasteiger partial charge in [0.25, 0.3) is 11.8 Å². The first-order chi connectivity index (χ1) is 15.6. The largest absolute Gasteiger partial charge is 0.459 e. The zero-order chi connectivity index (χ0) is 22.3. The molecular weight excluding hydrogens is 406 g/mol. The molecule has 1 aliphatic heterocycles. The number of nitrogens with zero attached hydrogens (tertiary/aromatic N) is 2. The van der Waals surface area contributed by atoms with Crippen molar-refractivity contribution in [2.75, 3.05) is 26.2 Å². The Kier molecular flexibility index (Phi) is 6.65. The molecule has 1 fully saturated rings. The Morgan fingerprint density at radius 2 is 1.44 bits per heavy atom. The molecule has 0 aliphatic carbocycles. The van der Waals surface area contributed by atoms with Crippen molar-refractivity contribution in [3.8, 4) is 0 Å². The average Bonchev–Trinajstić information content (AvgIpc) is 3.39. The molecule has 0 bridgehead atoms. The number of benzene rings is 2. The lowest BCUT2D eigenvalue weighted by Crippen LogP contribution is -2.56. The highest BCUT2D eigenvalue weighted by Crippen LogP contribution is 2.13. The molecule has 3 amide bonds. The van der Waals surface area contributed by atoms with E-state index < -0.39 is 11.9 Å². The molecule has 1 atom stereocenters. The fourth-order valence-electron chi connectivity index (χ4n) is 3.80. The van der Waals surface area contributed by atoms with Crippen LogP contribution in [0, 0.1) is 0 Å². The van der Waals surface area contributed by atoms with E-state index in [4.69, 9.17) is 4.42 Å². The van der Waals surface area contributed by atoms with Crippen LogP contribution in [0.2, 0.25) is 0 Å². The standard InChI is InChI=1S/C25H25N3O4/c29-23(22-12-7-17-32-22)26-21(18-19-8-3-1-4-9-19)25(31)28-15-13-27(14-16-28)24(30)20-10-5-2-6-11-20/h1-12,17,21H,13-16,18H2,(H,26,29)/t21-/m1/s1. The Balaban J connectivity index is 1.42. The summed E-state index contributed by atoms with van der Waals surface area (Å²) in [6.45, 7) is 1.73. The molecule has 7 nitrogen and oxygen atoms in total. The minimum atomic E-state index is -0.730. The van der Waals surface area contributed by atoms with Gasteiger partial charge in [0.15, 0.2) is 5.76 Å².